The molecule has 0 radical (unpaired) electrons. The minimum atomic E-state index is -1.21. The van der Waals surface area contributed by atoms with Gasteiger partial charge in [0.2, 0.25) is 0 Å². The molecule has 0 fully saturated rings. The number of hydrogen-bond donors (Lipinski definition) is 2. The predicted octanol–water partition coefficient (Wildman–Crippen LogP) is 8.26. The predicted molar refractivity (Wildman–Crippen MR) is 151 cm³/mol. The second kappa shape index (κ2) is 11.7. The fourth-order valence-electron chi connectivity index (χ4n) is 4.21. The Balaban J connectivity index is 1.28. The van der Waals surface area contributed by atoms with E-state index in [0.717, 1.165) is 34.9 Å². The maximum absolute atomic E-state index is 13.6. The minimum Gasteiger partial charge on any atom is -0.478 e. The molecule has 0 aliphatic rings. The van der Waals surface area contributed by atoms with Crippen molar-refractivity contribution in [3.05, 3.63) is 120 Å². The summed E-state index contributed by atoms with van der Waals surface area (Å²) in [5.41, 5.74) is 4.12. The molecule has 0 aliphatic heterocycles. The van der Waals surface area contributed by atoms with Crippen LogP contribution in [0.2, 0.25) is 0 Å². The zero-order valence-electron chi connectivity index (χ0n) is 22.1. The Bertz CT molecular complexity index is 1680. The van der Waals surface area contributed by atoms with E-state index in [1.54, 1.807) is 38.1 Å². The summed E-state index contributed by atoms with van der Waals surface area (Å²) < 4.78 is 30.3. The van der Waals surface area contributed by atoms with Gasteiger partial charge in [-0.1, -0.05) is 71.9 Å². The fraction of sp³-hybridized carbons (Fsp3) is 0.0938. The molecule has 5 aromatic rings. The Morgan fingerprint density at radius 1 is 0.902 bits per heavy atom. The summed E-state index contributed by atoms with van der Waals surface area (Å²) in [6.07, 6.45) is -1.06. The van der Waals surface area contributed by atoms with E-state index < -0.39 is 24.0 Å². The van der Waals surface area contributed by atoms with Crippen molar-refractivity contribution < 1.29 is 33.1 Å². The number of nitrogens with zero attached hydrogens (tertiary/aromatic N) is 1. The smallest absolute Gasteiger partial charge is 0.412 e. The van der Waals surface area contributed by atoms with Gasteiger partial charge < -0.3 is 19.1 Å². The second-order valence-corrected chi connectivity index (χ2v) is 9.20. The highest BCUT2D eigenvalue weighted by molar-refractivity contribution is 5.91. The number of anilines is 1. The van der Waals surface area contributed by atoms with E-state index in [1.165, 1.54) is 0 Å². The van der Waals surface area contributed by atoms with E-state index >= 15 is 0 Å². The third-order valence-corrected chi connectivity index (χ3v) is 6.38. The number of aromatic nitrogens is 1. The molecular formula is C32H25FN2O6. The number of carboxylic acid groups (broad SMARTS) is 1. The maximum atomic E-state index is 13.6. The van der Waals surface area contributed by atoms with Crippen LogP contribution in [0.4, 0.5) is 14.9 Å². The zero-order valence-corrected chi connectivity index (χ0v) is 22.1. The topological polar surface area (TPSA) is 111 Å². The van der Waals surface area contributed by atoms with Gasteiger partial charge in [-0.05, 0) is 54.8 Å². The number of rotatable bonds is 8. The lowest BCUT2D eigenvalue weighted by atomic mass is 10.0. The normalized spacial score (nSPS) is 11.5. The molecule has 0 spiro atoms. The van der Waals surface area contributed by atoms with E-state index in [4.69, 9.17) is 14.0 Å². The molecule has 0 saturated heterocycles. The maximum Gasteiger partial charge on any atom is 0.412 e. The van der Waals surface area contributed by atoms with E-state index in [0.29, 0.717) is 28.5 Å². The summed E-state index contributed by atoms with van der Waals surface area (Å²) in [5, 5.41) is 16.1. The van der Waals surface area contributed by atoms with Gasteiger partial charge in [-0.25, -0.2) is 14.0 Å². The number of nitrogens with one attached hydrogen (secondary N) is 1. The molecule has 0 unspecified atom stereocenters. The van der Waals surface area contributed by atoms with Crippen LogP contribution in [0, 0.1) is 12.7 Å². The summed E-state index contributed by atoms with van der Waals surface area (Å²) in [6, 6.07) is 27.1. The number of carboxylic acids is 1. The highest BCUT2D eigenvalue weighted by atomic mass is 19.1. The quantitative estimate of drug-likeness (QED) is 0.199. The second-order valence-electron chi connectivity index (χ2n) is 9.20. The first kappa shape index (κ1) is 27.1. The van der Waals surface area contributed by atoms with E-state index in [1.807, 2.05) is 54.6 Å². The Morgan fingerprint density at radius 3 is 2.20 bits per heavy atom. The Morgan fingerprint density at radius 2 is 1.54 bits per heavy atom. The van der Waals surface area contributed by atoms with Crippen LogP contribution >= 0.6 is 0 Å². The van der Waals surface area contributed by atoms with Gasteiger partial charge in [0.1, 0.15) is 40.4 Å². The van der Waals surface area contributed by atoms with Gasteiger partial charge in [-0.15, -0.1) is 0 Å². The van der Waals surface area contributed by atoms with E-state index in [-0.39, 0.29) is 11.3 Å². The van der Waals surface area contributed by atoms with Gasteiger partial charge in [0.25, 0.3) is 0 Å². The lowest BCUT2D eigenvalue weighted by Crippen LogP contribution is -2.16. The number of aryl methyl sites for hydroxylation is 1. The van der Waals surface area contributed by atoms with Crippen LogP contribution in [0.25, 0.3) is 22.5 Å². The molecule has 8 nitrogen and oxygen atoms in total. The molecule has 1 heterocycles. The van der Waals surface area contributed by atoms with Crippen LogP contribution in [0.3, 0.4) is 0 Å². The van der Waals surface area contributed by atoms with Crippen LogP contribution in [-0.4, -0.2) is 22.3 Å². The summed E-state index contributed by atoms with van der Waals surface area (Å²) in [6.45, 7) is 3.52. The van der Waals surface area contributed by atoms with E-state index in [2.05, 4.69) is 10.5 Å². The summed E-state index contributed by atoms with van der Waals surface area (Å²) in [4.78, 5) is 24.0. The average Bonchev–Trinajstić information content (AvgIpc) is 3.33. The number of carbonyl (C=O) groups excluding carboxylic acids is 1. The van der Waals surface area contributed by atoms with Crippen molar-refractivity contribution in [2.45, 2.75) is 20.0 Å². The molecule has 9 heteroatoms. The summed E-state index contributed by atoms with van der Waals surface area (Å²) >= 11 is 0. The molecule has 206 valence electrons. The number of benzene rings is 4. The van der Waals surface area contributed by atoms with Crippen LogP contribution < -0.4 is 10.1 Å². The number of carbonyl (C=O) groups is 2. The van der Waals surface area contributed by atoms with Crippen LogP contribution in [0.5, 0.6) is 11.5 Å². The van der Waals surface area contributed by atoms with Gasteiger partial charge in [0.15, 0.2) is 5.76 Å². The Kier molecular flexibility index (Phi) is 7.78. The fourth-order valence-corrected chi connectivity index (χ4v) is 4.21. The number of hydrogen-bond acceptors (Lipinski definition) is 6. The standard InChI is InChI=1S/C32H25FN2O6/c1-19-29(34-32(38)39-20(2)21-6-4-3-5-7-21)30(41-35-19)24-10-8-22(9-11-24)23-12-15-26(16-13-23)40-28-18-25(33)14-17-27(28)31(36)37/h3-18,20H,1-2H3,(H,34,38)(H,36,37)/t20-/m1/s1. The molecular weight excluding hydrogens is 527 g/mol. The Hall–Kier alpha value is -5.44. The van der Waals surface area contributed by atoms with Gasteiger partial charge in [-0.3, -0.25) is 5.32 Å². The van der Waals surface area contributed by atoms with Crippen molar-refractivity contribution >= 4 is 17.7 Å². The first-order valence-electron chi connectivity index (χ1n) is 12.7. The van der Waals surface area contributed by atoms with Crippen LogP contribution in [0.1, 0.15) is 34.6 Å². The minimum absolute atomic E-state index is 0.0835. The molecule has 1 aromatic heterocycles. The first-order chi connectivity index (χ1) is 19.8. The third-order valence-electron chi connectivity index (χ3n) is 6.38. The van der Waals surface area contributed by atoms with Crippen molar-refractivity contribution in [2.24, 2.45) is 0 Å². The molecule has 1 amide bonds. The highest BCUT2D eigenvalue weighted by Crippen LogP contribution is 2.34. The van der Waals surface area contributed by atoms with Gasteiger partial charge in [0.05, 0.1) is 0 Å². The molecule has 4 aromatic carbocycles. The van der Waals surface area contributed by atoms with Crippen molar-refractivity contribution in [1.29, 1.82) is 0 Å². The van der Waals surface area contributed by atoms with E-state index in [9.17, 15) is 19.1 Å². The Labute approximate surface area is 235 Å². The molecule has 0 saturated carbocycles. The SMILES string of the molecule is Cc1noc(-c2ccc(-c3ccc(Oc4cc(F)ccc4C(=O)O)cc3)cc2)c1NC(=O)O[C@H](C)c1ccccc1. The summed E-state index contributed by atoms with van der Waals surface area (Å²) in [5.74, 6) is -1.14. The van der Waals surface area contributed by atoms with Crippen molar-refractivity contribution in [3.8, 4) is 33.9 Å². The monoisotopic (exact) mass is 552 g/mol. The highest BCUT2D eigenvalue weighted by Gasteiger charge is 2.20. The molecule has 5 rings (SSSR count). The van der Waals surface area contributed by atoms with Crippen LogP contribution in [0.15, 0.2) is 102 Å². The zero-order chi connectivity index (χ0) is 28.9. The van der Waals surface area contributed by atoms with Crippen molar-refractivity contribution in [3.63, 3.8) is 0 Å². The molecule has 1 atom stereocenters. The summed E-state index contributed by atoms with van der Waals surface area (Å²) in [7, 11) is 0. The van der Waals surface area contributed by atoms with Gasteiger partial charge in [0, 0.05) is 11.6 Å². The lowest BCUT2D eigenvalue weighted by molar-refractivity contribution is 0.0694. The average molecular weight is 553 g/mol. The van der Waals surface area contributed by atoms with Gasteiger partial charge >= 0.3 is 12.1 Å². The van der Waals surface area contributed by atoms with Crippen molar-refractivity contribution in [2.75, 3.05) is 5.32 Å². The van der Waals surface area contributed by atoms with Crippen molar-refractivity contribution in [1.82, 2.24) is 5.16 Å². The third kappa shape index (κ3) is 6.25. The first-order valence-corrected chi connectivity index (χ1v) is 12.7. The van der Waals surface area contributed by atoms with Gasteiger partial charge in [-0.2, -0.15) is 0 Å². The lowest BCUT2D eigenvalue weighted by Gasteiger charge is -2.14. The number of halogens is 1. The molecule has 0 aliphatic carbocycles. The number of ether oxygens (including phenoxy) is 2. The van der Waals surface area contributed by atoms with Crippen LogP contribution in [-0.2, 0) is 4.74 Å². The number of amides is 1. The largest absolute Gasteiger partial charge is 0.478 e. The molecule has 41 heavy (non-hydrogen) atoms. The molecule has 2 N–H and O–H groups in total. The molecule has 0 bridgehead atoms. The number of aromatic carboxylic acids is 1.